The number of thioether (sulfide) groups is 1. The Hall–Kier alpha value is -2.19. The first-order valence-corrected chi connectivity index (χ1v) is 10.4. The maximum atomic E-state index is 12.4. The molecule has 0 spiro atoms. The van der Waals surface area contributed by atoms with E-state index in [1.807, 2.05) is 37.3 Å². The summed E-state index contributed by atoms with van der Waals surface area (Å²) in [6, 6.07) is 10.1. The molecule has 138 valence electrons. The quantitative estimate of drug-likeness (QED) is 0.568. The molecule has 1 amide bonds. The Morgan fingerprint density at radius 2 is 2.19 bits per heavy atom. The molecule has 6 nitrogen and oxygen atoms in total. The number of pyridine rings is 1. The van der Waals surface area contributed by atoms with Gasteiger partial charge in [-0.25, -0.2) is 0 Å². The van der Waals surface area contributed by atoms with Crippen LogP contribution in [0.5, 0.6) is 0 Å². The lowest BCUT2D eigenvalue weighted by atomic mass is 10.2. The smallest absolute Gasteiger partial charge is 0.234 e. The average molecular weight is 444 g/mol. The summed E-state index contributed by atoms with van der Waals surface area (Å²) >= 11 is 4.85. The minimum atomic E-state index is -0.0568. The van der Waals surface area contributed by atoms with Gasteiger partial charge >= 0.3 is 0 Å². The molecule has 0 radical (unpaired) electrons. The molecule has 2 heterocycles. The van der Waals surface area contributed by atoms with E-state index >= 15 is 0 Å². The number of halogens is 1. The number of nitrogens with zero attached hydrogens (tertiary/aromatic N) is 4. The molecule has 0 unspecified atom stereocenters. The molecule has 1 aromatic carbocycles. The number of hydrogen-bond acceptors (Lipinski definition) is 5. The number of aryl methyl sites for hydroxylation is 1. The molecular weight excluding hydrogens is 426 g/mol. The van der Waals surface area contributed by atoms with Crippen LogP contribution >= 0.6 is 27.7 Å². The van der Waals surface area contributed by atoms with Crippen molar-refractivity contribution in [2.45, 2.75) is 31.0 Å². The molecule has 2 aromatic heterocycles. The van der Waals surface area contributed by atoms with Crippen molar-refractivity contribution in [3.05, 3.63) is 52.8 Å². The van der Waals surface area contributed by atoms with Gasteiger partial charge in [0.25, 0.3) is 0 Å². The second-order valence-corrected chi connectivity index (χ2v) is 8.30. The normalized spacial score (nSPS) is 13.6. The maximum absolute atomic E-state index is 12.4. The average Bonchev–Trinajstić information content (AvgIpc) is 3.42. The molecule has 4 rings (SSSR count). The minimum absolute atomic E-state index is 0.0568. The van der Waals surface area contributed by atoms with Gasteiger partial charge in [0.2, 0.25) is 5.91 Å². The van der Waals surface area contributed by atoms with Crippen molar-refractivity contribution in [2.24, 2.45) is 0 Å². The van der Waals surface area contributed by atoms with Gasteiger partial charge in [-0.3, -0.25) is 14.3 Å². The highest BCUT2D eigenvalue weighted by molar-refractivity contribution is 9.10. The van der Waals surface area contributed by atoms with Crippen LogP contribution in [0, 0.1) is 6.92 Å². The highest BCUT2D eigenvalue weighted by atomic mass is 79.9. The molecule has 27 heavy (non-hydrogen) atoms. The molecular formula is C19H18BrN5OS. The second-order valence-electron chi connectivity index (χ2n) is 6.45. The van der Waals surface area contributed by atoms with Crippen LogP contribution in [0.1, 0.15) is 24.4 Å². The van der Waals surface area contributed by atoms with Gasteiger partial charge in [-0.05, 0) is 55.7 Å². The van der Waals surface area contributed by atoms with E-state index in [4.69, 9.17) is 0 Å². The van der Waals surface area contributed by atoms with Crippen LogP contribution in [0.15, 0.2) is 52.4 Å². The molecule has 1 aliphatic carbocycles. The Labute approximate surface area is 169 Å². The van der Waals surface area contributed by atoms with Crippen molar-refractivity contribution < 1.29 is 4.79 Å². The Balaban J connectivity index is 1.47. The first kappa shape index (κ1) is 18.2. The van der Waals surface area contributed by atoms with Crippen molar-refractivity contribution in [1.82, 2.24) is 19.7 Å². The van der Waals surface area contributed by atoms with E-state index in [0.29, 0.717) is 6.04 Å². The van der Waals surface area contributed by atoms with Crippen molar-refractivity contribution in [2.75, 3.05) is 11.1 Å². The Morgan fingerprint density at radius 1 is 1.33 bits per heavy atom. The number of benzene rings is 1. The zero-order valence-electron chi connectivity index (χ0n) is 14.7. The lowest BCUT2D eigenvalue weighted by Gasteiger charge is -2.10. The molecule has 1 saturated carbocycles. The predicted molar refractivity (Wildman–Crippen MR) is 110 cm³/mol. The van der Waals surface area contributed by atoms with E-state index in [1.54, 1.807) is 12.4 Å². The van der Waals surface area contributed by atoms with Crippen molar-refractivity contribution in [1.29, 1.82) is 0 Å². The Morgan fingerprint density at radius 3 is 2.89 bits per heavy atom. The summed E-state index contributed by atoms with van der Waals surface area (Å²) < 4.78 is 3.13. The molecule has 8 heteroatoms. The third kappa shape index (κ3) is 4.22. The van der Waals surface area contributed by atoms with Gasteiger partial charge in [0.15, 0.2) is 11.0 Å². The summed E-state index contributed by atoms with van der Waals surface area (Å²) in [5.74, 6) is 1.05. The second kappa shape index (κ2) is 7.82. The highest BCUT2D eigenvalue weighted by Gasteiger charge is 2.30. The van der Waals surface area contributed by atoms with E-state index in [0.717, 1.165) is 45.1 Å². The van der Waals surface area contributed by atoms with E-state index in [1.165, 1.54) is 11.8 Å². The van der Waals surface area contributed by atoms with Crippen LogP contribution < -0.4 is 5.32 Å². The fraction of sp³-hybridized carbons (Fsp3) is 0.263. The Bertz CT molecular complexity index is 971. The number of anilines is 1. The number of hydrogen-bond donors (Lipinski definition) is 1. The van der Waals surface area contributed by atoms with Crippen molar-refractivity contribution in [3.8, 4) is 11.4 Å². The van der Waals surface area contributed by atoms with Gasteiger partial charge in [-0.2, -0.15) is 0 Å². The first-order valence-electron chi connectivity index (χ1n) is 8.66. The molecule has 0 atom stereocenters. The molecule has 0 bridgehead atoms. The van der Waals surface area contributed by atoms with Gasteiger partial charge in [-0.15, -0.1) is 10.2 Å². The van der Waals surface area contributed by atoms with Crippen LogP contribution in [0.25, 0.3) is 11.4 Å². The van der Waals surface area contributed by atoms with E-state index in [2.05, 4.69) is 41.0 Å². The summed E-state index contributed by atoms with van der Waals surface area (Å²) in [5.41, 5.74) is 2.78. The largest absolute Gasteiger partial charge is 0.325 e. The van der Waals surface area contributed by atoms with Crippen LogP contribution in [0.2, 0.25) is 0 Å². The van der Waals surface area contributed by atoms with Crippen LogP contribution in [-0.4, -0.2) is 31.4 Å². The number of carbonyl (C=O) groups excluding carboxylic acids is 1. The fourth-order valence-corrected chi connectivity index (χ4v) is 4.09. The SMILES string of the molecule is Cc1cc(Br)ccc1NC(=O)CSc1nnc(-c2cccnc2)n1C1CC1. The van der Waals surface area contributed by atoms with Crippen LogP contribution in [0.3, 0.4) is 0 Å². The van der Waals surface area contributed by atoms with Gasteiger partial charge in [0.1, 0.15) is 0 Å². The van der Waals surface area contributed by atoms with Crippen molar-refractivity contribution in [3.63, 3.8) is 0 Å². The highest BCUT2D eigenvalue weighted by Crippen LogP contribution is 2.40. The summed E-state index contributed by atoms with van der Waals surface area (Å²) in [7, 11) is 0. The third-order valence-corrected chi connectivity index (χ3v) is 5.73. The molecule has 0 saturated heterocycles. The molecule has 3 aromatic rings. The minimum Gasteiger partial charge on any atom is -0.325 e. The summed E-state index contributed by atoms with van der Waals surface area (Å²) in [6.07, 6.45) is 5.76. The van der Waals surface area contributed by atoms with Gasteiger partial charge in [0, 0.05) is 34.2 Å². The van der Waals surface area contributed by atoms with Crippen LogP contribution in [-0.2, 0) is 4.79 Å². The van der Waals surface area contributed by atoms with Gasteiger partial charge in [0.05, 0.1) is 5.75 Å². The number of aromatic nitrogens is 4. The number of rotatable bonds is 6. The third-order valence-electron chi connectivity index (χ3n) is 4.29. The first-order chi connectivity index (χ1) is 13.1. The number of nitrogens with one attached hydrogen (secondary N) is 1. The van der Waals surface area contributed by atoms with E-state index < -0.39 is 0 Å². The topological polar surface area (TPSA) is 72.7 Å². The predicted octanol–water partition coefficient (Wildman–Crippen LogP) is 4.48. The summed E-state index contributed by atoms with van der Waals surface area (Å²) in [6.45, 7) is 1.97. The van der Waals surface area contributed by atoms with Crippen LogP contribution in [0.4, 0.5) is 5.69 Å². The lowest BCUT2D eigenvalue weighted by molar-refractivity contribution is -0.113. The molecule has 1 fully saturated rings. The van der Waals surface area contributed by atoms with Gasteiger partial charge < -0.3 is 5.32 Å². The molecule has 0 aliphatic heterocycles. The monoisotopic (exact) mass is 443 g/mol. The zero-order chi connectivity index (χ0) is 18.8. The Kier molecular flexibility index (Phi) is 5.27. The fourth-order valence-electron chi connectivity index (χ4n) is 2.81. The van der Waals surface area contributed by atoms with Gasteiger partial charge in [-0.1, -0.05) is 27.7 Å². The standard InChI is InChI=1S/C19H18BrN5OS/c1-12-9-14(20)4-7-16(12)22-17(26)11-27-19-24-23-18(25(19)15-5-6-15)13-3-2-8-21-10-13/h2-4,7-10,15H,5-6,11H2,1H3,(H,22,26). The number of amides is 1. The lowest BCUT2D eigenvalue weighted by Crippen LogP contribution is -2.15. The van der Waals surface area contributed by atoms with E-state index in [9.17, 15) is 4.79 Å². The zero-order valence-corrected chi connectivity index (χ0v) is 17.1. The molecule has 1 N–H and O–H groups in total. The summed E-state index contributed by atoms with van der Waals surface area (Å²) in [5, 5.41) is 12.4. The van der Waals surface area contributed by atoms with Crippen molar-refractivity contribution >= 4 is 39.3 Å². The van der Waals surface area contributed by atoms with E-state index in [-0.39, 0.29) is 11.7 Å². The summed E-state index contributed by atoms with van der Waals surface area (Å²) in [4.78, 5) is 16.6. The molecule has 1 aliphatic rings. The maximum Gasteiger partial charge on any atom is 0.234 e. The number of carbonyl (C=O) groups is 1.